The molecule has 112 valence electrons. The maximum absolute atomic E-state index is 12.5. The quantitative estimate of drug-likeness (QED) is 0.802. The third-order valence-corrected chi connectivity index (χ3v) is 4.59. The summed E-state index contributed by atoms with van der Waals surface area (Å²) in [7, 11) is 0. The van der Waals surface area contributed by atoms with Gasteiger partial charge in [0.05, 0.1) is 24.3 Å². The predicted octanol–water partition coefficient (Wildman–Crippen LogP) is 1.91. The smallest absolute Gasteiger partial charge is 0.305 e. The Bertz CT molecular complexity index is 427. The van der Waals surface area contributed by atoms with Crippen molar-refractivity contribution >= 4 is 17.8 Å². The highest BCUT2D eigenvalue weighted by atomic mass is 16.4. The normalized spacial score (nSPS) is 31.6. The van der Waals surface area contributed by atoms with E-state index in [1.807, 2.05) is 20.8 Å². The number of hydrogen-bond donors (Lipinski definition) is 1. The predicted molar refractivity (Wildman–Crippen MR) is 72.7 cm³/mol. The molecule has 0 aromatic rings. The van der Waals surface area contributed by atoms with E-state index in [1.54, 1.807) is 0 Å². The molecule has 0 aromatic heterocycles. The summed E-state index contributed by atoms with van der Waals surface area (Å²) in [6.45, 7) is 7.68. The van der Waals surface area contributed by atoms with Crippen LogP contribution in [0.2, 0.25) is 0 Å². The molecule has 5 nitrogen and oxygen atoms in total. The Morgan fingerprint density at radius 3 is 2.05 bits per heavy atom. The van der Waals surface area contributed by atoms with Crippen LogP contribution in [-0.4, -0.2) is 33.8 Å². The molecule has 0 radical (unpaired) electrons. The molecule has 3 unspecified atom stereocenters. The second-order valence-corrected chi connectivity index (χ2v) is 7.32. The SMILES string of the molecule is CC1CC2C(=O)N(C(CC(=O)O)C(C)(C)C)C(=O)C2C1. The fourth-order valence-corrected chi connectivity index (χ4v) is 3.56. The Morgan fingerprint density at radius 2 is 1.70 bits per heavy atom. The molecular weight excluding hydrogens is 258 g/mol. The summed E-state index contributed by atoms with van der Waals surface area (Å²) in [6.07, 6.45) is 1.31. The van der Waals surface area contributed by atoms with Crippen molar-refractivity contribution in [1.29, 1.82) is 0 Å². The monoisotopic (exact) mass is 281 g/mol. The summed E-state index contributed by atoms with van der Waals surface area (Å²) < 4.78 is 0. The van der Waals surface area contributed by atoms with Crippen molar-refractivity contribution in [3.63, 3.8) is 0 Å². The van der Waals surface area contributed by atoms with Crippen molar-refractivity contribution < 1.29 is 19.5 Å². The summed E-state index contributed by atoms with van der Waals surface area (Å²) in [4.78, 5) is 37.4. The molecule has 1 heterocycles. The van der Waals surface area contributed by atoms with Gasteiger partial charge in [-0.05, 0) is 24.2 Å². The molecule has 3 atom stereocenters. The van der Waals surface area contributed by atoms with Crippen molar-refractivity contribution in [2.24, 2.45) is 23.2 Å². The maximum Gasteiger partial charge on any atom is 0.305 e. The first-order valence-corrected chi connectivity index (χ1v) is 7.21. The van der Waals surface area contributed by atoms with Crippen molar-refractivity contribution in [3.05, 3.63) is 0 Å². The van der Waals surface area contributed by atoms with Crippen LogP contribution >= 0.6 is 0 Å². The van der Waals surface area contributed by atoms with Gasteiger partial charge in [-0.3, -0.25) is 19.3 Å². The number of imide groups is 1. The van der Waals surface area contributed by atoms with Crippen LogP contribution in [0.15, 0.2) is 0 Å². The average molecular weight is 281 g/mol. The molecule has 2 aliphatic rings. The standard InChI is InChI=1S/C15H23NO4/c1-8-5-9-10(6-8)14(20)16(13(9)19)11(7-12(17)18)15(2,3)4/h8-11H,5-7H2,1-4H3,(H,17,18). The number of hydrogen-bond acceptors (Lipinski definition) is 3. The van der Waals surface area contributed by atoms with E-state index in [9.17, 15) is 14.4 Å². The molecule has 20 heavy (non-hydrogen) atoms. The second-order valence-electron chi connectivity index (χ2n) is 7.32. The Kier molecular flexibility index (Phi) is 3.65. The number of nitrogens with zero attached hydrogens (tertiary/aromatic N) is 1. The summed E-state index contributed by atoms with van der Waals surface area (Å²) in [6, 6.07) is -0.569. The second kappa shape index (κ2) is 4.86. The molecule has 2 rings (SSSR count). The van der Waals surface area contributed by atoms with Crippen molar-refractivity contribution in [1.82, 2.24) is 4.90 Å². The molecule has 2 fully saturated rings. The van der Waals surface area contributed by atoms with Crippen LogP contribution in [0, 0.1) is 23.2 Å². The number of fused-ring (bicyclic) bond motifs is 1. The van der Waals surface area contributed by atoms with Crippen LogP contribution in [-0.2, 0) is 14.4 Å². The first-order chi connectivity index (χ1) is 9.12. The fourth-order valence-electron chi connectivity index (χ4n) is 3.56. The van der Waals surface area contributed by atoms with Crippen LogP contribution in [0.4, 0.5) is 0 Å². The van der Waals surface area contributed by atoms with E-state index >= 15 is 0 Å². The van der Waals surface area contributed by atoms with Crippen molar-refractivity contribution in [3.8, 4) is 0 Å². The highest BCUT2D eigenvalue weighted by molar-refractivity contribution is 6.06. The minimum atomic E-state index is -0.976. The van der Waals surface area contributed by atoms with Crippen molar-refractivity contribution in [2.45, 2.75) is 53.0 Å². The molecular formula is C15H23NO4. The molecule has 1 aliphatic heterocycles. The van der Waals surface area contributed by atoms with Gasteiger partial charge < -0.3 is 5.11 Å². The van der Waals surface area contributed by atoms with E-state index < -0.39 is 17.4 Å². The van der Waals surface area contributed by atoms with E-state index in [0.29, 0.717) is 5.92 Å². The van der Waals surface area contributed by atoms with Gasteiger partial charge >= 0.3 is 5.97 Å². The van der Waals surface area contributed by atoms with E-state index in [4.69, 9.17) is 5.11 Å². The highest BCUT2D eigenvalue weighted by Gasteiger charge is 2.55. The number of carbonyl (C=O) groups is 3. The van der Waals surface area contributed by atoms with Gasteiger partial charge in [0, 0.05) is 0 Å². The molecule has 0 spiro atoms. The fraction of sp³-hybridized carbons (Fsp3) is 0.800. The maximum atomic E-state index is 12.5. The summed E-state index contributed by atoms with van der Waals surface area (Å²) in [5.41, 5.74) is -0.437. The third-order valence-electron chi connectivity index (χ3n) is 4.59. The summed E-state index contributed by atoms with van der Waals surface area (Å²) >= 11 is 0. The zero-order chi connectivity index (χ0) is 15.2. The number of rotatable bonds is 3. The molecule has 1 aliphatic carbocycles. The minimum Gasteiger partial charge on any atom is -0.481 e. The number of carboxylic acids is 1. The lowest BCUT2D eigenvalue weighted by molar-refractivity contribution is -0.149. The number of carbonyl (C=O) groups excluding carboxylic acids is 2. The summed E-state index contributed by atoms with van der Waals surface area (Å²) in [5.74, 6) is -1.35. The third kappa shape index (κ3) is 2.45. The van der Waals surface area contributed by atoms with E-state index in [-0.39, 0.29) is 30.1 Å². The molecule has 0 bridgehead atoms. The number of aliphatic carboxylic acids is 1. The molecule has 0 aromatic carbocycles. The van der Waals surface area contributed by atoms with Gasteiger partial charge in [0.1, 0.15) is 0 Å². The molecule has 1 saturated carbocycles. The van der Waals surface area contributed by atoms with Gasteiger partial charge in [-0.15, -0.1) is 0 Å². The first kappa shape index (κ1) is 15.0. The molecule has 5 heteroatoms. The number of likely N-dealkylation sites (tertiary alicyclic amines) is 1. The Hall–Kier alpha value is -1.39. The number of carboxylic acid groups (broad SMARTS) is 1. The van der Waals surface area contributed by atoms with Gasteiger partial charge in [0.25, 0.3) is 0 Å². The molecule has 1 N–H and O–H groups in total. The van der Waals surface area contributed by atoms with Crippen LogP contribution in [0.25, 0.3) is 0 Å². The van der Waals surface area contributed by atoms with Crippen LogP contribution in [0.5, 0.6) is 0 Å². The Balaban J connectivity index is 2.29. The largest absolute Gasteiger partial charge is 0.481 e. The first-order valence-electron chi connectivity index (χ1n) is 7.21. The summed E-state index contributed by atoms with van der Waals surface area (Å²) in [5, 5.41) is 9.08. The van der Waals surface area contributed by atoms with Gasteiger partial charge in [-0.2, -0.15) is 0 Å². The van der Waals surface area contributed by atoms with Gasteiger partial charge in [0.2, 0.25) is 11.8 Å². The van der Waals surface area contributed by atoms with E-state index in [1.165, 1.54) is 4.90 Å². The minimum absolute atomic E-state index is 0.162. The van der Waals surface area contributed by atoms with Crippen LogP contribution in [0.3, 0.4) is 0 Å². The van der Waals surface area contributed by atoms with Gasteiger partial charge in [-0.25, -0.2) is 0 Å². The van der Waals surface area contributed by atoms with Gasteiger partial charge in [-0.1, -0.05) is 27.7 Å². The van der Waals surface area contributed by atoms with Gasteiger partial charge in [0.15, 0.2) is 0 Å². The van der Waals surface area contributed by atoms with Crippen molar-refractivity contribution in [2.75, 3.05) is 0 Å². The van der Waals surface area contributed by atoms with Crippen LogP contribution < -0.4 is 0 Å². The lowest BCUT2D eigenvalue weighted by Crippen LogP contribution is -2.49. The number of amides is 2. The zero-order valence-corrected chi connectivity index (χ0v) is 12.5. The average Bonchev–Trinajstić information content (AvgIpc) is 2.76. The van der Waals surface area contributed by atoms with E-state index in [2.05, 4.69) is 6.92 Å². The lowest BCUT2D eigenvalue weighted by Gasteiger charge is -2.36. The topological polar surface area (TPSA) is 74.7 Å². The molecule has 1 saturated heterocycles. The highest BCUT2D eigenvalue weighted by Crippen LogP contribution is 2.45. The lowest BCUT2D eigenvalue weighted by atomic mass is 9.83. The Morgan fingerprint density at radius 1 is 1.25 bits per heavy atom. The molecule has 2 amide bonds. The van der Waals surface area contributed by atoms with Crippen LogP contribution in [0.1, 0.15) is 47.0 Å². The zero-order valence-electron chi connectivity index (χ0n) is 12.5. The Labute approximate surface area is 119 Å². The van der Waals surface area contributed by atoms with E-state index in [0.717, 1.165) is 12.8 Å².